The Hall–Kier alpha value is -0.0800. The van der Waals surface area contributed by atoms with Crippen LogP contribution >= 0.6 is 23.1 Å². The van der Waals surface area contributed by atoms with Gasteiger partial charge in [-0.15, -0.1) is 0 Å². The van der Waals surface area contributed by atoms with E-state index < -0.39 is 0 Å². The second-order valence-electron chi connectivity index (χ2n) is 1.65. The number of hydrogen-bond donors (Lipinski definition) is 0. The van der Waals surface area contributed by atoms with E-state index in [4.69, 9.17) is 11.6 Å². The van der Waals surface area contributed by atoms with Crippen LogP contribution in [-0.4, -0.2) is 4.37 Å². The van der Waals surface area contributed by atoms with Crippen LogP contribution in [0.15, 0.2) is 0 Å². The van der Waals surface area contributed by atoms with Crippen molar-refractivity contribution in [1.29, 1.82) is 0 Å². The zero-order chi connectivity index (χ0) is 6.15. The van der Waals surface area contributed by atoms with Crippen molar-refractivity contribution in [2.45, 2.75) is 13.8 Å². The summed E-state index contributed by atoms with van der Waals surface area (Å²) in [5, 5.41) is 0.646. The van der Waals surface area contributed by atoms with Crippen molar-refractivity contribution >= 4 is 23.1 Å². The lowest BCUT2D eigenvalue weighted by atomic mass is 10.3. The topological polar surface area (TPSA) is 12.9 Å². The van der Waals surface area contributed by atoms with Gasteiger partial charge in [0.25, 0.3) is 0 Å². The molecule has 1 heterocycles. The van der Waals surface area contributed by atoms with Gasteiger partial charge in [-0.05, 0) is 25.4 Å². The molecule has 8 heavy (non-hydrogen) atoms. The largest absolute Gasteiger partial charge is 0.180 e. The quantitative estimate of drug-likeness (QED) is 0.549. The van der Waals surface area contributed by atoms with Gasteiger partial charge in [0.05, 0.1) is 0 Å². The van der Waals surface area contributed by atoms with E-state index in [1.807, 2.05) is 13.8 Å². The lowest BCUT2D eigenvalue weighted by Crippen LogP contribution is -1.67. The summed E-state index contributed by atoms with van der Waals surface area (Å²) < 4.78 is 3.92. The molecule has 1 nitrogen and oxygen atoms in total. The molecule has 3 heteroatoms. The second kappa shape index (κ2) is 2.03. The highest BCUT2D eigenvalue weighted by Gasteiger charge is 1.99. The number of nitrogens with zero attached hydrogens (tertiary/aromatic N) is 1. The molecule has 0 amide bonds. The van der Waals surface area contributed by atoms with Crippen molar-refractivity contribution in [3.8, 4) is 0 Å². The van der Waals surface area contributed by atoms with Crippen molar-refractivity contribution in [3.63, 3.8) is 0 Å². The smallest absolute Gasteiger partial charge is 0.146 e. The fourth-order valence-electron chi connectivity index (χ4n) is 0.391. The van der Waals surface area contributed by atoms with E-state index in [9.17, 15) is 0 Å². The van der Waals surface area contributed by atoms with Gasteiger partial charge in [0.1, 0.15) is 5.15 Å². The molecule has 0 aromatic carbocycles. The molecular weight excluding hydrogens is 142 g/mol. The normalized spacial score (nSPS) is 9.88. The molecule has 0 saturated heterocycles. The maximum absolute atomic E-state index is 5.63. The van der Waals surface area contributed by atoms with E-state index in [2.05, 4.69) is 4.37 Å². The highest BCUT2D eigenvalue weighted by atomic mass is 35.5. The van der Waals surface area contributed by atoms with Crippen LogP contribution in [-0.2, 0) is 0 Å². The van der Waals surface area contributed by atoms with Crippen LogP contribution in [0.25, 0.3) is 0 Å². The van der Waals surface area contributed by atoms with Crippen molar-refractivity contribution in [3.05, 3.63) is 15.6 Å². The Balaban J connectivity index is 3.19. The molecule has 0 fully saturated rings. The van der Waals surface area contributed by atoms with E-state index >= 15 is 0 Å². The van der Waals surface area contributed by atoms with E-state index in [1.165, 1.54) is 16.4 Å². The van der Waals surface area contributed by atoms with Gasteiger partial charge in [0.15, 0.2) is 0 Å². The van der Waals surface area contributed by atoms with Gasteiger partial charge in [0.2, 0.25) is 0 Å². The first-order valence-corrected chi connectivity index (χ1v) is 3.45. The fourth-order valence-corrected chi connectivity index (χ4v) is 1.28. The summed E-state index contributed by atoms with van der Waals surface area (Å²) in [5.74, 6) is 0. The van der Waals surface area contributed by atoms with Crippen molar-refractivity contribution < 1.29 is 0 Å². The van der Waals surface area contributed by atoms with Gasteiger partial charge in [-0.2, -0.15) is 4.37 Å². The molecule has 0 atom stereocenters. The van der Waals surface area contributed by atoms with Gasteiger partial charge in [-0.1, -0.05) is 11.6 Å². The Bertz CT molecular complexity index is 175. The van der Waals surface area contributed by atoms with Crippen molar-refractivity contribution in [2.75, 3.05) is 0 Å². The molecule has 0 aliphatic carbocycles. The maximum Gasteiger partial charge on any atom is 0.146 e. The fraction of sp³-hybridized carbons (Fsp3) is 0.400. The Morgan fingerprint density at radius 2 is 2.12 bits per heavy atom. The predicted octanol–water partition coefficient (Wildman–Crippen LogP) is 2.41. The van der Waals surface area contributed by atoms with Crippen LogP contribution in [0.1, 0.15) is 10.4 Å². The molecule has 0 spiro atoms. The molecule has 0 saturated carbocycles. The van der Waals surface area contributed by atoms with Crippen LogP contribution in [0, 0.1) is 13.8 Å². The Morgan fingerprint density at radius 1 is 1.50 bits per heavy atom. The monoisotopic (exact) mass is 147 g/mol. The number of aromatic nitrogens is 1. The minimum Gasteiger partial charge on any atom is -0.180 e. The van der Waals surface area contributed by atoms with E-state index in [1.54, 1.807) is 0 Å². The second-order valence-corrected chi connectivity index (χ2v) is 2.99. The average molecular weight is 148 g/mol. The summed E-state index contributed by atoms with van der Waals surface area (Å²) in [7, 11) is 0. The number of halogens is 1. The molecule has 0 bridgehead atoms. The summed E-state index contributed by atoms with van der Waals surface area (Å²) in [6, 6.07) is 0. The summed E-state index contributed by atoms with van der Waals surface area (Å²) in [6.45, 7) is 3.99. The van der Waals surface area contributed by atoms with Crippen LogP contribution in [0.3, 0.4) is 0 Å². The van der Waals surface area contributed by atoms with Gasteiger partial charge in [0, 0.05) is 10.4 Å². The molecular formula is C5H6ClNS. The highest BCUT2D eigenvalue weighted by Crippen LogP contribution is 2.19. The highest BCUT2D eigenvalue weighted by molar-refractivity contribution is 7.06. The van der Waals surface area contributed by atoms with Gasteiger partial charge in [-0.3, -0.25) is 0 Å². The summed E-state index contributed by atoms with van der Waals surface area (Å²) in [4.78, 5) is 1.20. The van der Waals surface area contributed by atoms with Gasteiger partial charge in [-0.25, -0.2) is 0 Å². The molecule has 1 aromatic rings. The van der Waals surface area contributed by atoms with Crippen LogP contribution < -0.4 is 0 Å². The lowest BCUT2D eigenvalue weighted by molar-refractivity contribution is 1.40. The first kappa shape index (κ1) is 6.05. The third-order valence-corrected chi connectivity index (χ3v) is 2.42. The number of aryl methyl sites for hydroxylation is 1. The van der Waals surface area contributed by atoms with Crippen LogP contribution in [0.4, 0.5) is 0 Å². The molecule has 0 aliphatic heterocycles. The SMILES string of the molecule is Cc1snc(Cl)c1C. The Labute approximate surface area is 57.5 Å². The number of rotatable bonds is 0. The lowest BCUT2D eigenvalue weighted by Gasteiger charge is -1.81. The molecule has 0 N–H and O–H groups in total. The number of hydrogen-bond acceptors (Lipinski definition) is 2. The van der Waals surface area contributed by atoms with Crippen LogP contribution in [0.5, 0.6) is 0 Å². The third kappa shape index (κ3) is 0.858. The molecule has 1 aromatic heterocycles. The first-order chi connectivity index (χ1) is 3.72. The minimum atomic E-state index is 0.646. The summed E-state index contributed by atoms with van der Waals surface area (Å²) >= 11 is 7.08. The summed E-state index contributed by atoms with van der Waals surface area (Å²) in [6.07, 6.45) is 0. The molecule has 0 radical (unpaired) electrons. The van der Waals surface area contributed by atoms with Crippen molar-refractivity contribution in [1.82, 2.24) is 4.37 Å². The van der Waals surface area contributed by atoms with E-state index in [0.717, 1.165) is 5.56 Å². The average Bonchev–Trinajstić information content (AvgIpc) is 1.98. The minimum absolute atomic E-state index is 0.646. The van der Waals surface area contributed by atoms with Crippen molar-refractivity contribution in [2.24, 2.45) is 0 Å². The zero-order valence-corrected chi connectivity index (χ0v) is 6.31. The van der Waals surface area contributed by atoms with Gasteiger partial charge < -0.3 is 0 Å². The summed E-state index contributed by atoms with van der Waals surface area (Å²) in [5.41, 5.74) is 1.11. The zero-order valence-electron chi connectivity index (χ0n) is 4.73. The first-order valence-electron chi connectivity index (χ1n) is 2.30. The standard InChI is InChI=1S/C5H6ClNS/c1-3-4(2)8-7-5(3)6/h1-2H3. The molecule has 1 rings (SSSR count). The van der Waals surface area contributed by atoms with Crippen LogP contribution in [0.2, 0.25) is 5.15 Å². The molecule has 0 aliphatic rings. The van der Waals surface area contributed by atoms with E-state index in [0.29, 0.717) is 5.15 Å². The third-order valence-electron chi connectivity index (χ3n) is 1.10. The maximum atomic E-state index is 5.63. The Kier molecular flexibility index (Phi) is 1.54. The predicted molar refractivity (Wildman–Crippen MR) is 36.6 cm³/mol. The molecule has 44 valence electrons. The Morgan fingerprint density at radius 3 is 2.25 bits per heavy atom. The molecule has 0 unspecified atom stereocenters. The van der Waals surface area contributed by atoms with Gasteiger partial charge >= 0.3 is 0 Å². The van der Waals surface area contributed by atoms with E-state index in [-0.39, 0.29) is 0 Å².